The Morgan fingerprint density at radius 3 is 2.33 bits per heavy atom. The third-order valence-corrected chi connectivity index (χ3v) is 4.07. The Morgan fingerprint density at radius 2 is 1.81 bits per heavy atom. The highest BCUT2D eigenvalue weighted by Crippen LogP contribution is 2.25. The summed E-state index contributed by atoms with van der Waals surface area (Å²) in [7, 11) is 1.50. The highest BCUT2D eigenvalue weighted by atomic mass is 35.5. The average Bonchev–Trinajstić information content (AvgIpc) is 2.61. The molecule has 142 valence electrons. The molecule has 0 heterocycles. The Kier molecular flexibility index (Phi) is 6.79. The minimum atomic E-state index is -0.906. The first kappa shape index (κ1) is 20.3. The van der Waals surface area contributed by atoms with Crippen molar-refractivity contribution in [3.8, 4) is 5.75 Å². The van der Waals surface area contributed by atoms with Crippen LogP contribution in [0.5, 0.6) is 5.75 Å². The Bertz CT molecular complexity index is 853. The molecule has 2 aromatic rings. The van der Waals surface area contributed by atoms with Crippen LogP contribution in [0.3, 0.4) is 0 Å². The summed E-state index contributed by atoms with van der Waals surface area (Å²) in [6, 6.07) is 10.5. The normalized spacial score (nSPS) is 11.4. The van der Waals surface area contributed by atoms with Gasteiger partial charge in [-0.3, -0.25) is 14.4 Å². The van der Waals surface area contributed by atoms with E-state index in [1.54, 1.807) is 42.5 Å². The third kappa shape index (κ3) is 5.72. The van der Waals surface area contributed by atoms with Crippen LogP contribution < -0.4 is 21.1 Å². The lowest BCUT2D eigenvalue weighted by Crippen LogP contribution is -2.45. The van der Waals surface area contributed by atoms with Crippen LogP contribution in [-0.4, -0.2) is 30.9 Å². The van der Waals surface area contributed by atoms with E-state index in [4.69, 9.17) is 22.1 Å². The second-order valence-corrected chi connectivity index (χ2v) is 6.27. The number of hydrogen-bond donors (Lipinski definition) is 3. The number of rotatable bonds is 7. The molecule has 0 aliphatic heterocycles. The van der Waals surface area contributed by atoms with E-state index in [1.807, 2.05) is 0 Å². The number of primary amides is 1. The standard InChI is InChI=1S/C19H20ClN3O4/c1-11(24)22-14-6-4-13(5-7-14)19(26)23-16(18(21)25)10-12-3-8-17(27-2)15(20)9-12/h3-9,16H,10H2,1-2H3,(H2,21,25)(H,22,24)(H,23,26)/t16-/m1/s1. The molecular weight excluding hydrogens is 370 g/mol. The Labute approximate surface area is 161 Å². The number of methoxy groups -OCH3 is 1. The summed E-state index contributed by atoms with van der Waals surface area (Å²) in [6.07, 6.45) is 0.189. The molecule has 8 heteroatoms. The topological polar surface area (TPSA) is 111 Å². The summed E-state index contributed by atoms with van der Waals surface area (Å²) >= 11 is 6.09. The second kappa shape index (κ2) is 9.05. The zero-order valence-electron chi connectivity index (χ0n) is 14.9. The third-order valence-electron chi connectivity index (χ3n) is 3.77. The number of nitrogens with one attached hydrogen (secondary N) is 2. The van der Waals surface area contributed by atoms with Gasteiger partial charge >= 0.3 is 0 Å². The van der Waals surface area contributed by atoms with Crippen molar-refractivity contribution in [2.45, 2.75) is 19.4 Å². The fourth-order valence-electron chi connectivity index (χ4n) is 2.45. The molecule has 2 aromatic carbocycles. The van der Waals surface area contributed by atoms with Crippen molar-refractivity contribution in [1.29, 1.82) is 0 Å². The van der Waals surface area contributed by atoms with Crippen LogP contribution in [0.2, 0.25) is 5.02 Å². The van der Waals surface area contributed by atoms with Crippen LogP contribution in [0.1, 0.15) is 22.8 Å². The van der Waals surface area contributed by atoms with Crippen LogP contribution in [0, 0.1) is 0 Å². The number of hydrogen-bond acceptors (Lipinski definition) is 4. The Balaban J connectivity index is 2.09. The molecule has 0 unspecified atom stereocenters. The van der Waals surface area contributed by atoms with Gasteiger partial charge in [0.1, 0.15) is 11.8 Å². The van der Waals surface area contributed by atoms with Gasteiger partial charge in [0, 0.05) is 24.6 Å². The van der Waals surface area contributed by atoms with E-state index in [1.165, 1.54) is 14.0 Å². The predicted molar refractivity (Wildman–Crippen MR) is 103 cm³/mol. The zero-order valence-corrected chi connectivity index (χ0v) is 15.7. The number of anilines is 1. The smallest absolute Gasteiger partial charge is 0.251 e. The van der Waals surface area contributed by atoms with Gasteiger partial charge < -0.3 is 21.1 Å². The first-order valence-electron chi connectivity index (χ1n) is 8.10. The van der Waals surface area contributed by atoms with Gasteiger partial charge in [0.25, 0.3) is 5.91 Å². The molecule has 3 amide bonds. The fourth-order valence-corrected chi connectivity index (χ4v) is 2.73. The van der Waals surface area contributed by atoms with Gasteiger partial charge in [-0.25, -0.2) is 0 Å². The largest absolute Gasteiger partial charge is 0.495 e. The summed E-state index contributed by atoms with van der Waals surface area (Å²) in [4.78, 5) is 35.2. The molecule has 0 aromatic heterocycles. The highest BCUT2D eigenvalue weighted by Gasteiger charge is 2.20. The minimum absolute atomic E-state index is 0.189. The molecule has 0 aliphatic rings. The van der Waals surface area contributed by atoms with E-state index in [-0.39, 0.29) is 12.3 Å². The number of carbonyl (C=O) groups is 3. The van der Waals surface area contributed by atoms with Gasteiger partial charge in [-0.05, 0) is 42.0 Å². The molecule has 0 radical (unpaired) electrons. The molecule has 2 rings (SSSR count). The quantitative estimate of drug-likeness (QED) is 0.673. The molecule has 1 atom stereocenters. The zero-order chi connectivity index (χ0) is 20.0. The van der Waals surface area contributed by atoms with Crippen molar-refractivity contribution < 1.29 is 19.1 Å². The van der Waals surface area contributed by atoms with E-state index in [9.17, 15) is 14.4 Å². The first-order chi connectivity index (χ1) is 12.8. The van der Waals surface area contributed by atoms with Crippen LogP contribution in [0.15, 0.2) is 42.5 Å². The number of nitrogens with two attached hydrogens (primary N) is 1. The molecule has 27 heavy (non-hydrogen) atoms. The highest BCUT2D eigenvalue weighted by molar-refractivity contribution is 6.32. The van der Waals surface area contributed by atoms with E-state index in [0.717, 1.165) is 5.56 Å². The van der Waals surface area contributed by atoms with Crippen molar-refractivity contribution in [2.24, 2.45) is 5.73 Å². The van der Waals surface area contributed by atoms with Crippen LogP contribution in [0.4, 0.5) is 5.69 Å². The predicted octanol–water partition coefficient (Wildman–Crippen LogP) is 2.13. The van der Waals surface area contributed by atoms with Crippen molar-refractivity contribution in [3.05, 3.63) is 58.6 Å². The Morgan fingerprint density at radius 1 is 1.15 bits per heavy atom. The maximum Gasteiger partial charge on any atom is 0.251 e. The number of benzene rings is 2. The average molecular weight is 390 g/mol. The summed E-state index contributed by atoms with van der Waals surface area (Å²) in [5.74, 6) is -0.809. The fraction of sp³-hybridized carbons (Fsp3) is 0.211. The van der Waals surface area contributed by atoms with Gasteiger partial charge in [0.2, 0.25) is 11.8 Å². The van der Waals surface area contributed by atoms with Gasteiger partial charge in [-0.2, -0.15) is 0 Å². The number of ether oxygens (including phenoxy) is 1. The maximum atomic E-state index is 12.4. The second-order valence-electron chi connectivity index (χ2n) is 5.86. The molecule has 0 spiro atoms. The molecule has 0 saturated heterocycles. The van der Waals surface area contributed by atoms with Crippen LogP contribution in [-0.2, 0) is 16.0 Å². The molecule has 0 bridgehead atoms. The SMILES string of the molecule is COc1ccc(C[C@@H](NC(=O)c2ccc(NC(C)=O)cc2)C(N)=O)cc1Cl. The van der Waals surface area contributed by atoms with Crippen molar-refractivity contribution >= 4 is 35.0 Å². The summed E-state index contributed by atoms with van der Waals surface area (Å²) < 4.78 is 5.09. The van der Waals surface area contributed by atoms with Crippen molar-refractivity contribution in [2.75, 3.05) is 12.4 Å². The van der Waals surface area contributed by atoms with Gasteiger partial charge in [0.15, 0.2) is 0 Å². The van der Waals surface area contributed by atoms with E-state index >= 15 is 0 Å². The molecule has 7 nitrogen and oxygen atoms in total. The van der Waals surface area contributed by atoms with Gasteiger partial charge in [-0.15, -0.1) is 0 Å². The number of amides is 3. The lowest BCUT2D eigenvalue weighted by Gasteiger charge is -2.16. The number of carbonyl (C=O) groups excluding carboxylic acids is 3. The van der Waals surface area contributed by atoms with Crippen molar-refractivity contribution in [3.63, 3.8) is 0 Å². The molecule has 0 fully saturated rings. The molecular formula is C19H20ClN3O4. The van der Waals surface area contributed by atoms with E-state index in [0.29, 0.717) is 22.0 Å². The minimum Gasteiger partial charge on any atom is -0.495 e. The molecule has 0 saturated carbocycles. The van der Waals surface area contributed by atoms with Crippen molar-refractivity contribution in [1.82, 2.24) is 5.32 Å². The lowest BCUT2D eigenvalue weighted by atomic mass is 10.0. The maximum absolute atomic E-state index is 12.4. The summed E-state index contributed by atoms with van der Waals surface area (Å²) in [6.45, 7) is 1.39. The van der Waals surface area contributed by atoms with Gasteiger partial charge in [-0.1, -0.05) is 17.7 Å². The van der Waals surface area contributed by atoms with E-state index in [2.05, 4.69) is 10.6 Å². The number of halogens is 1. The summed E-state index contributed by atoms with van der Waals surface area (Å²) in [5, 5.41) is 5.63. The Hall–Kier alpha value is -3.06. The van der Waals surface area contributed by atoms with Gasteiger partial charge in [0.05, 0.1) is 12.1 Å². The van der Waals surface area contributed by atoms with Crippen LogP contribution in [0.25, 0.3) is 0 Å². The van der Waals surface area contributed by atoms with E-state index < -0.39 is 17.9 Å². The summed E-state index contributed by atoms with van der Waals surface area (Å²) in [5.41, 5.74) is 7.06. The molecule has 0 aliphatic carbocycles. The lowest BCUT2D eigenvalue weighted by molar-refractivity contribution is -0.119. The monoisotopic (exact) mass is 389 g/mol. The molecule has 4 N–H and O–H groups in total. The van der Waals surface area contributed by atoms with Crippen LogP contribution >= 0.6 is 11.6 Å². The first-order valence-corrected chi connectivity index (χ1v) is 8.48.